The zero-order chi connectivity index (χ0) is 16.1. The molecule has 0 bridgehead atoms. The minimum Gasteiger partial charge on any atom is -0.378 e. The number of carbonyl (C=O) groups is 1. The molecule has 2 unspecified atom stereocenters. The van der Waals surface area contributed by atoms with Crippen molar-refractivity contribution in [1.29, 1.82) is 0 Å². The fraction of sp³-hybridized carbons (Fsp3) is 0.944. The summed E-state index contributed by atoms with van der Waals surface area (Å²) in [6, 6.07) is 0.582. The first-order valence-corrected chi connectivity index (χ1v) is 9.44. The Labute approximate surface area is 152 Å². The van der Waals surface area contributed by atoms with E-state index in [0.717, 1.165) is 57.9 Å². The molecule has 2 atom stereocenters. The van der Waals surface area contributed by atoms with Gasteiger partial charge in [0.1, 0.15) is 0 Å². The van der Waals surface area contributed by atoms with E-state index in [-0.39, 0.29) is 30.5 Å². The summed E-state index contributed by atoms with van der Waals surface area (Å²) in [7, 11) is 0. The van der Waals surface area contributed by atoms with E-state index in [1.807, 2.05) is 0 Å². The maximum atomic E-state index is 13.0. The predicted octanol–water partition coefficient (Wildman–Crippen LogP) is 2.37. The summed E-state index contributed by atoms with van der Waals surface area (Å²) in [6.45, 7) is 6.22. The Kier molecular flexibility index (Phi) is 8.28. The lowest BCUT2D eigenvalue weighted by molar-refractivity contribution is -0.137. The van der Waals surface area contributed by atoms with Crippen molar-refractivity contribution in [3.05, 3.63) is 0 Å². The van der Waals surface area contributed by atoms with Gasteiger partial charge in [-0.05, 0) is 44.4 Å². The average molecular weight is 361 g/mol. The van der Waals surface area contributed by atoms with Crippen LogP contribution in [0.1, 0.15) is 51.9 Å². The molecule has 2 saturated heterocycles. The molecule has 0 radical (unpaired) electrons. The number of hydrogen-bond acceptors (Lipinski definition) is 4. The molecule has 0 aromatic rings. The van der Waals surface area contributed by atoms with Gasteiger partial charge in [0.25, 0.3) is 0 Å². The van der Waals surface area contributed by atoms with Gasteiger partial charge in [-0.25, -0.2) is 0 Å². The normalized spacial score (nSPS) is 33.7. The molecule has 2 heterocycles. The Hall–Kier alpha value is -0.360. The Bertz CT molecular complexity index is 376. The van der Waals surface area contributed by atoms with E-state index in [9.17, 15) is 4.79 Å². The van der Waals surface area contributed by atoms with Crippen LogP contribution in [0.4, 0.5) is 0 Å². The number of ether oxygens (including phenoxy) is 2. The third kappa shape index (κ3) is 5.58. The molecule has 3 fully saturated rings. The lowest BCUT2D eigenvalue weighted by Gasteiger charge is -2.38. The fourth-order valence-electron chi connectivity index (χ4n) is 4.10. The molecule has 0 aromatic heterocycles. The van der Waals surface area contributed by atoms with Crippen molar-refractivity contribution < 1.29 is 14.3 Å². The first-order chi connectivity index (χ1) is 11.2. The van der Waals surface area contributed by atoms with Gasteiger partial charge in [0.2, 0.25) is 5.91 Å². The van der Waals surface area contributed by atoms with Crippen LogP contribution in [0.15, 0.2) is 0 Å². The number of amides is 1. The van der Waals surface area contributed by atoms with Crippen molar-refractivity contribution in [3.63, 3.8) is 0 Å². The van der Waals surface area contributed by atoms with E-state index >= 15 is 0 Å². The summed E-state index contributed by atoms with van der Waals surface area (Å²) in [5.74, 6) is 1.09. The van der Waals surface area contributed by atoms with E-state index in [1.165, 1.54) is 12.8 Å². The lowest BCUT2D eigenvalue weighted by Crippen LogP contribution is -2.50. The highest BCUT2D eigenvalue weighted by atomic mass is 35.5. The highest BCUT2D eigenvalue weighted by molar-refractivity contribution is 5.85. The van der Waals surface area contributed by atoms with Crippen LogP contribution >= 0.6 is 12.4 Å². The zero-order valence-corrected chi connectivity index (χ0v) is 15.7. The van der Waals surface area contributed by atoms with Crippen LogP contribution in [0.3, 0.4) is 0 Å². The molecule has 3 aliphatic rings. The quantitative estimate of drug-likeness (QED) is 0.817. The Morgan fingerprint density at radius 1 is 1.17 bits per heavy atom. The van der Waals surface area contributed by atoms with Crippen LogP contribution in [0.2, 0.25) is 0 Å². The Balaban J connectivity index is 0.00000208. The number of halogens is 1. The summed E-state index contributed by atoms with van der Waals surface area (Å²) in [6.07, 6.45) is 7.80. The van der Waals surface area contributed by atoms with Crippen molar-refractivity contribution >= 4 is 18.3 Å². The number of nitrogens with zero attached hydrogens (tertiary/aromatic N) is 1. The van der Waals surface area contributed by atoms with Crippen molar-refractivity contribution in [3.8, 4) is 0 Å². The summed E-state index contributed by atoms with van der Waals surface area (Å²) in [5.41, 5.74) is 0. The van der Waals surface area contributed by atoms with Gasteiger partial charge in [0.15, 0.2) is 0 Å². The zero-order valence-electron chi connectivity index (χ0n) is 14.9. The van der Waals surface area contributed by atoms with Crippen molar-refractivity contribution in [2.45, 2.75) is 70.1 Å². The van der Waals surface area contributed by atoms with Gasteiger partial charge < -0.3 is 19.7 Å². The SMILES string of the molecule is CC1CCC(N(CC2CCCO2)C(=O)CC2COCCN2)CC1.Cl. The van der Waals surface area contributed by atoms with Crippen LogP contribution in [-0.2, 0) is 14.3 Å². The molecule has 1 amide bonds. The smallest absolute Gasteiger partial charge is 0.224 e. The van der Waals surface area contributed by atoms with Crippen LogP contribution in [-0.4, -0.2) is 61.9 Å². The van der Waals surface area contributed by atoms with Crippen LogP contribution < -0.4 is 5.32 Å². The first kappa shape index (κ1) is 20.0. The van der Waals surface area contributed by atoms with Gasteiger partial charge in [0.05, 0.1) is 19.3 Å². The second-order valence-corrected chi connectivity index (χ2v) is 7.52. The van der Waals surface area contributed by atoms with Gasteiger partial charge in [0, 0.05) is 38.2 Å². The highest BCUT2D eigenvalue weighted by Crippen LogP contribution is 2.29. The van der Waals surface area contributed by atoms with Crippen LogP contribution in [0, 0.1) is 5.92 Å². The molecule has 140 valence electrons. The molecule has 0 spiro atoms. The summed E-state index contributed by atoms with van der Waals surface area (Å²) in [5, 5.41) is 3.40. The summed E-state index contributed by atoms with van der Waals surface area (Å²) < 4.78 is 11.3. The van der Waals surface area contributed by atoms with E-state index in [1.54, 1.807) is 0 Å². The van der Waals surface area contributed by atoms with Gasteiger partial charge in [-0.1, -0.05) is 6.92 Å². The maximum absolute atomic E-state index is 13.0. The molecule has 0 aromatic carbocycles. The fourth-order valence-corrected chi connectivity index (χ4v) is 4.10. The third-order valence-electron chi connectivity index (χ3n) is 5.59. The third-order valence-corrected chi connectivity index (χ3v) is 5.59. The Morgan fingerprint density at radius 2 is 1.96 bits per heavy atom. The predicted molar refractivity (Wildman–Crippen MR) is 96.6 cm³/mol. The molecule has 1 saturated carbocycles. The second kappa shape index (κ2) is 9.95. The number of morpholine rings is 1. The molecule has 6 heteroatoms. The molecular weight excluding hydrogens is 328 g/mol. The highest BCUT2D eigenvalue weighted by Gasteiger charge is 2.32. The molecule has 1 aliphatic carbocycles. The lowest BCUT2D eigenvalue weighted by atomic mass is 9.86. The second-order valence-electron chi connectivity index (χ2n) is 7.52. The number of carbonyl (C=O) groups excluding carboxylic acids is 1. The van der Waals surface area contributed by atoms with E-state index < -0.39 is 0 Å². The van der Waals surface area contributed by atoms with Crippen molar-refractivity contribution in [2.24, 2.45) is 5.92 Å². The molecule has 3 rings (SSSR count). The van der Waals surface area contributed by atoms with Gasteiger partial charge in [-0.2, -0.15) is 0 Å². The molecule has 1 N–H and O–H groups in total. The standard InChI is InChI=1S/C18H32N2O3.ClH/c1-14-4-6-16(7-5-14)20(12-17-3-2-9-23-17)18(21)11-15-13-22-10-8-19-15;/h14-17,19H,2-13H2,1H3;1H. The first-order valence-electron chi connectivity index (χ1n) is 9.44. The van der Waals surface area contributed by atoms with Crippen LogP contribution in [0.5, 0.6) is 0 Å². The topological polar surface area (TPSA) is 50.8 Å². The minimum absolute atomic E-state index is 0. The number of nitrogens with one attached hydrogen (secondary N) is 1. The molecular formula is C18H33ClN2O3. The summed E-state index contributed by atoms with van der Waals surface area (Å²) in [4.78, 5) is 15.1. The van der Waals surface area contributed by atoms with E-state index in [4.69, 9.17) is 9.47 Å². The average Bonchev–Trinajstić information content (AvgIpc) is 3.08. The summed E-state index contributed by atoms with van der Waals surface area (Å²) >= 11 is 0. The van der Waals surface area contributed by atoms with Gasteiger partial charge >= 0.3 is 0 Å². The molecule has 24 heavy (non-hydrogen) atoms. The van der Waals surface area contributed by atoms with Gasteiger partial charge in [-0.3, -0.25) is 4.79 Å². The molecule has 5 nitrogen and oxygen atoms in total. The molecule has 2 aliphatic heterocycles. The number of hydrogen-bond donors (Lipinski definition) is 1. The van der Waals surface area contributed by atoms with Crippen molar-refractivity contribution in [2.75, 3.05) is 32.9 Å². The van der Waals surface area contributed by atoms with E-state index in [0.29, 0.717) is 19.1 Å². The maximum Gasteiger partial charge on any atom is 0.224 e. The Morgan fingerprint density at radius 3 is 2.58 bits per heavy atom. The minimum atomic E-state index is 0. The van der Waals surface area contributed by atoms with Crippen LogP contribution in [0.25, 0.3) is 0 Å². The van der Waals surface area contributed by atoms with E-state index in [2.05, 4.69) is 17.1 Å². The number of rotatable bonds is 5. The van der Waals surface area contributed by atoms with Crippen molar-refractivity contribution in [1.82, 2.24) is 10.2 Å². The monoisotopic (exact) mass is 360 g/mol. The van der Waals surface area contributed by atoms with Gasteiger partial charge in [-0.15, -0.1) is 12.4 Å². The largest absolute Gasteiger partial charge is 0.378 e.